The molecular formula is C20H28N4O4S. The molecule has 0 atom stereocenters. The largest absolute Gasteiger partial charge is 0.385 e. The van der Waals surface area contributed by atoms with Crippen LogP contribution < -0.4 is 10.0 Å². The van der Waals surface area contributed by atoms with E-state index < -0.39 is 15.6 Å². The highest BCUT2D eigenvalue weighted by molar-refractivity contribution is 7.89. The molecule has 1 aliphatic rings. The van der Waals surface area contributed by atoms with Crippen LogP contribution in [0.25, 0.3) is 10.9 Å². The molecule has 2 aromatic rings. The first kappa shape index (κ1) is 21.5. The molecule has 2 N–H and O–H groups in total. The summed E-state index contributed by atoms with van der Waals surface area (Å²) in [5.41, 5.74) is -0.224. The van der Waals surface area contributed by atoms with Crippen LogP contribution in [0.5, 0.6) is 0 Å². The molecule has 3 rings (SSSR count). The van der Waals surface area contributed by atoms with Gasteiger partial charge >= 0.3 is 6.03 Å². The zero-order chi connectivity index (χ0) is 20.9. The van der Waals surface area contributed by atoms with Gasteiger partial charge in [-0.15, -0.1) is 0 Å². The number of carbonyl (C=O) groups is 1. The normalized spacial score (nSPS) is 16.7. The van der Waals surface area contributed by atoms with Crippen LogP contribution in [0.3, 0.4) is 0 Å². The van der Waals surface area contributed by atoms with Crippen LogP contribution >= 0.6 is 0 Å². The minimum atomic E-state index is -3.81. The van der Waals surface area contributed by atoms with Gasteiger partial charge in [-0.25, -0.2) is 17.9 Å². The summed E-state index contributed by atoms with van der Waals surface area (Å²) >= 11 is 0. The number of piperidine rings is 1. The Morgan fingerprint density at radius 1 is 1.24 bits per heavy atom. The maximum Gasteiger partial charge on any atom is 0.317 e. The molecule has 0 saturated carbocycles. The average molecular weight is 421 g/mol. The van der Waals surface area contributed by atoms with Crippen molar-refractivity contribution in [2.75, 3.05) is 33.4 Å². The van der Waals surface area contributed by atoms with Gasteiger partial charge in [0.15, 0.2) is 0 Å². The smallest absolute Gasteiger partial charge is 0.317 e. The SMILES string of the molecule is CCNC(=O)N1CCC(CCOC)(NS(=O)(=O)c2cccc3cccnc23)CC1. The third-order valence-corrected chi connectivity index (χ3v) is 6.97. The van der Waals surface area contributed by atoms with E-state index in [9.17, 15) is 13.2 Å². The van der Waals surface area contributed by atoms with E-state index in [2.05, 4.69) is 15.0 Å². The topological polar surface area (TPSA) is 101 Å². The molecule has 0 aliphatic carbocycles. The van der Waals surface area contributed by atoms with Gasteiger partial charge < -0.3 is 15.0 Å². The second kappa shape index (κ2) is 9.06. The highest BCUT2D eigenvalue weighted by Gasteiger charge is 2.39. The highest BCUT2D eigenvalue weighted by Crippen LogP contribution is 2.30. The lowest BCUT2D eigenvalue weighted by Crippen LogP contribution is -2.57. The van der Waals surface area contributed by atoms with Crippen molar-refractivity contribution < 1.29 is 17.9 Å². The van der Waals surface area contributed by atoms with Gasteiger partial charge in [-0.1, -0.05) is 18.2 Å². The number of fused-ring (bicyclic) bond motifs is 1. The van der Waals surface area contributed by atoms with E-state index >= 15 is 0 Å². The monoisotopic (exact) mass is 420 g/mol. The zero-order valence-electron chi connectivity index (χ0n) is 16.8. The summed E-state index contributed by atoms with van der Waals surface area (Å²) in [5.74, 6) is 0. The highest BCUT2D eigenvalue weighted by atomic mass is 32.2. The number of amides is 2. The van der Waals surface area contributed by atoms with Crippen molar-refractivity contribution in [3.05, 3.63) is 36.5 Å². The minimum Gasteiger partial charge on any atom is -0.385 e. The zero-order valence-corrected chi connectivity index (χ0v) is 17.7. The number of hydrogen-bond donors (Lipinski definition) is 2. The summed E-state index contributed by atoms with van der Waals surface area (Å²) in [6.07, 6.45) is 3.16. The molecule has 8 nitrogen and oxygen atoms in total. The number of urea groups is 1. The fourth-order valence-corrected chi connectivity index (χ4v) is 5.40. The summed E-state index contributed by atoms with van der Waals surface area (Å²) in [4.78, 5) is 18.3. The van der Waals surface area contributed by atoms with Crippen LogP contribution in [0.4, 0.5) is 4.79 Å². The Morgan fingerprint density at radius 3 is 2.66 bits per heavy atom. The Labute approximate surface area is 171 Å². The number of nitrogens with one attached hydrogen (secondary N) is 2. The lowest BCUT2D eigenvalue weighted by molar-refractivity contribution is 0.115. The Kier molecular flexibility index (Phi) is 6.71. The van der Waals surface area contributed by atoms with Crippen LogP contribution in [0.1, 0.15) is 26.2 Å². The summed E-state index contributed by atoms with van der Waals surface area (Å²) in [6.45, 7) is 3.82. The Bertz CT molecular complexity index is 951. The third kappa shape index (κ3) is 4.85. The van der Waals surface area contributed by atoms with Crippen molar-refractivity contribution in [2.45, 2.75) is 36.6 Å². The van der Waals surface area contributed by atoms with E-state index in [-0.39, 0.29) is 10.9 Å². The maximum atomic E-state index is 13.3. The van der Waals surface area contributed by atoms with Crippen molar-refractivity contribution in [3.8, 4) is 0 Å². The van der Waals surface area contributed by atoms with Crippen LogP contribution in [0.2, 0.25) is 0 Å². The number of nitrogens with zero attached hydrogens (tertiary/aromatic N) is 2. The number of pyridine rings is 1. The predicted molar refractivity (Wildman–Crippen MR) is 111 cm³/mol. The molecule has 29 heavy (non-hydrogen) atoms. The second-order valence-corrected chi connectivity index (χ2v) is 8.93. The van der Waals surface area contributed by atoms with E-state index in [1.54, 1.807) is 36.4 Å². The maximum absolute atomic E-state index is 13.3. The van der Waals surface area contributed by atoms with Crippen LogP contribution in [0.15, 0.2) is 41.4 Å². The Hall–Kier alpha value is -2.23. The van der Waals surface area contributed by atoms with Gasteiger partial charge in [0.2, 0.25) is 10.0 Å². The first-order valence-corrected chi connectivity index (χ1v) is 11.3. The van der Waals surface area contributed by atoms with Crippen molar-refractivity contribution in [1.82, 2.24) is 19.9 Å². The Morgan fingerprint density at radius 2 is 1.97 bits per heavy atom. The van der Waals surface area contributed by atoms with E-state index in [0.717, 1.165) is 5.39 Å². The number of sulfonamides is 1. The first-order valence-electron chi connectivity index (χ1n) is 9.80. The predicted octanol–water partition coefficient (Wildman–Crippen LogP) is 2.11. The number of para-hydroxylation sites is 1. The van der Waals surface area contributed by atoms with Crippen LogP contribution in [-0.4, -0.2) is 63.2 Å². The molecule has 0 unspecified atom stereocenters. The molecular weight excluding hydrogens is 392 g/mol. The van der Waals surface area contributed by atoms with E-state index in [1.807, 2.05) is 19.1 Å². The van der Waals surface area contributed by atoms with Crippen molar-refractivity contribution in [1.29, 1.82) is 0 Å². The minimum absolute atomic E-state index is 0.117. The molecule has 0 spiro atoms. The first-order chi connectivity index (χ1) is 13.9. The molecule has 1 aliphatic heterocycles. The number of hydrogen-bond acceptors (Lipinski definition) is 5. The molecule has 1 aromatic heterocycles. The molecule has 2 heterocycles. The Balaban J connectivity index is 1.85. The van der Waals surface area contributed by atoms with Crippen LogP contribution in [0, 0.1) is 0 Å². The fraction of sp³-hybridized carbons (Fsp3) is 0.500. The van der Waals surface area contributed by atoms with Gasteiger partial charge in [0.05, 0.1) is 5.52 Å². The molecule has 9 heteroatoms. The van der Waals surface area contributed by atoms with Crippen molar-refractivity contribution in [3.63, 3.8) is 0 Å². The molecule has 158 valence electrons. The van der Waals surface area contributed by atoms with Crippen LogP contribution in [-0.2, 0) is 14.8 Å². The van der Waals surface area contributed by atoms with Gasteiger partial charge in [-0.05, 0) is 38.3 Å². The second-order valence-electron chi connectivity index (χ2n) is 7.28. The van der Waals surface area contributed by atoms with Gasteiger partial charge in [0, 0.05) is 50.5 Å². The number of methoxy groups -OCH3 is 1. The van der Waals surface area contributed by atoms with Gasteiger partial charge in [-0.3, -0.25) is 4.98 Å². The van der Waals surface area contributed by atoms with Crippen molar-refractivity contribution >= 4 is 27.0 Å². The average Bonchev–Trinajstić information content (AvgIpc) is 2.72. The van der Waals surface area contributed by atoms with E-state index in [0.29, 0.717) is 51.0 Å². The quantitative estimate of drug-likeness (QED) is 0.715. The van der Waals surface area contributed by atoms with Crippen molar-refractivity contribution in [2.24, 2.45) is 0 Å². The fourth-order valence-electron chi connectivity index (χ4n) is 3.73. The lowest BCUT2D eigenvalue weighted by atomic mass is 9.86. The number of likely N-dealkylation sites (tertiary alicyclic amines) is 1. The number of aromatic nitrogens is 1. The summed E-state index contributed by atoms with van der Waals surface area (Å²) in [6, 6.07) is 8.64. The molecule has 1 aromatic carbocycles. The number of rotatable bonds is 7. The standard InChI is InChI=1S/C20H28N4O4S/c1-3-21-19(25)24-13-9-20(10-14-24,11-15-28-2)23-29(26,27)17-8-4-6-16-7-5-12-22-18(16)17/h4-8,12,23H,3,9-11,13-15H2,1-2H3,(H,21,25). The van der Waals surface area contributed by atoms with Gasteiger partial charge in [0.25, 0.3) is 0 Å². The summed E-state index contributed by atoms with van der Waals surface area (Å²) < 4.78 is 34.8. The molecule has 0 radical (unpaired) electrons. The molecule has 2 amide bonds. The number of benzene rings is 1. The third-order valence-electron chi connectivity index (χ3n) is 5.36. The molecule has 1 saturated heterocycles. The van der Waals surface area contributed by atoms with E-state index in [1.165, 1.54) is 0 Å². The molecule has 1 fully saturated rings. The van der Waals surface area contributed by atoms with E-state index in [4.69, 9.17) is 4.74 Å². The van der Waals surface area contributed by atoms with Gasteiger partial charge in [0.1, 0.15) is 4.90 Å². The lowest BCUT2D eigenvalue weighted by Gasteiger charge is -2.42. The molecule has 0 bridgehead atoms. The summed E-state index contributed by atoms with van der Waals surface area (Å²) in [5, 5.41) is 3.57. The summed E-state index contributed by atoms with van der Waals surface area (Å²) in [7, 11) is -2.21. The van der Waals surface area contributed by atoms with Gasteiger partial charge in [-0.2, -0.15) is 0 Å². The number of carbonyl (C=O) groups excluding carboxylic acids is 1. The number of ether oxygens (including phenoxy) is 1.